The molecule has 2 aromatic heterocycles. The van der Waals surface area contributed by atoms with Gasteiger partial charge in [0.15, 0.2) is 0 Å². The Kier molecular flexibility index (Phi) is 12.0. The van der Waals surface area contributed by atoms with Crippen molar-refractivity contribution in [1.82, 2.24) is 35.9 Å². The zero-order valence-electron chi connectivity index (χ0n) is 22.6. The lowest BCUT2D eigenvalue weighted by Crippen LogP contribution is -2.58. The fourth-order valence-corrected chi connectivity index (χ4v) is 4.19. The molecule has 0 aliphatic heterocycles. The Morgan fingerprint density at radius 2 is 1.37 bits per heavy atom. The minimum Gasteiger partial charge on any atom is -0.480 e. The molecule has 0 bridgehead atoms. The van der Waals surface area contributed by atoms with Gasteiger partial charge in [-0.1, -0.05) is 30.3 Å². The zero-order chi connectivity index (χ0) is 29.6. The molecule has 1 aromatic carbocycles. The summed E-state index contributed by atoms with van der Waals surface area (Å²) in [4.78, 5) is 65.1. The number of aromatic nitrogens is 4. The molecule has 41 heavy (non-hydrogen) atoms. The second kappa shape index (κ2) is 15.9. The highest BCUT2D eigenvalue weighted by Gasteiger charge is 2.30. The molecule has 3 aromatic rings. The lowest BCUT2D eigenvalue weighted by Gasteiger charge is -2.25. The van der Waals surface area contributed by atoms with Crippen molar-refractivity contribution in [3.05, 3.63) is 72.3 Å². The molecule has 0 saturated carbocycles. The van der Waals surface area contributed by atoms with Gasteiger partial charge in [-0.2, -0.15) is 0 Å². The molecule has 2 heterocycles. The third-order valence-electron chi connectivity index (χ3n) is 6.42. The molecule has 14 nitrogen and oxygen atoms in total. The van der Waals surface area contributed by atoms with E-state index in [4.69, 9.17) is 11.5 Å². The number of nitrogens with one attached hydrogen (secondary N) is 5. The number of rotatable bonds is 17. The largest absolute Gasteiger partial charge is 0.480 e. The summed E-state index contributed by atoms with van der Waals surface area (Å²) in [7, 11) is 0. The van der Waals surface area contributed by atoms with E-state index in [0.717, 1.165) is 5.56 Å². The van der Waals surface area contributed by atoms with E-state index >= 15 is 0 Å². The molecule has 0 aliphatic rings. The van der Waals surface area contributed by atoms with Crippen LogP contribution in [-0.4, -0.2) is 79.4 Å². The number of amides is 3. The molecular weight excluding hydrogens is 530 g/mol. The average molecular weight is 568 g/mol. The van der Waals surface area contributed by atoms with E-state index < -0.39 is 47.9 Å². The van der Waals surface area contributed by atoms with Gasteiger partial charge in [-0.15, -0.1) is 0 Å². The van der Waals surface area contributed by atoms with E-state index in [1.54, 1.807) is 30.5 Å². The Hall–Kier alpha value is -4.56. The molecule has 0 saturated heterocycles. The summed E-state index contributed by atoms with van der Waals surface area (Å²) in [5.41, 5.74) is 13.6. The molecule has 0 spiro atoms. The van der Waals surface area contributed by atoms with Gasteiger partial charge in [0.25, 0.3) is 0 Å². The van der Waals surface area contributed by atoms with Gasteiger partial charge in [0.1, 0.15) is 18.1 Å². The lowest BCUT2D eigenvalue weighted by atomic mass is 10.0. The first kappa shape index (κ1) is 31.0. The molecule has 0 fully saturated rings. The van der Waals surface area contributed by atoms with Crippen molar-refractivity contribution in [2.75, 3.05) is 6.54 Å². The van der Waals surface area contributed by atoms with Crippen molar-refractivity contribution in [2.24, 2.45) is 11.5 Å². The van der Waals surface area contributed by atoms with Gasteiger partial charge in [0, 0.05) is 43.0 Å². The summed E-state index contributed by atoms with van der Waals surface area (Å²) in [5.74, 6) is -3.06. The first-order chi connectivity index (χ1) is 19.8. The number of aliphatic carboxylic acids is 1. The van der Waals surface area contributed by atoms with Gasteiger partial charge >= 0.3 is 5.97 Å². The zero-order valence-corrected chi connectivity index (χ0v) is 22.6. The number of unbranched alkanes of at least 4 members (excludes halogenated alkanes) is 1. The number of benzene rings is 1. The number of hydrogen-bond donors (Lipinski definition) is 8. The molecule has 0 aliphatic carbocycles. The van der Waals surface area contributed by atoms with Crippen LogP contribution in [0.15, 0.2) is 55.4 Å². The molecular formula is C27H37N9O5. The van der Waals surface area contributed by atoms with Crippen LogP contribution in [0.4, 0.5) is 0 Å². The minimum atomic E-state index is -1.27. The number of nitrogens with two attached hydrogens (primary N) is 2. The maximum atomic E-state index is 13.5. The number of aromatic amines is 2. The fourth-order valence-electron chi connectivity index (χ4n) is 4.19. The summed E-state index contributed by atoms with van der Waals surface area (Å²) < 4.78 is 0. The van der Waals surface area contributed by atoms with Crippen LogP contribution < -0.4 is 27.4 Å². The first-order valence-corrected chi connectivity index (χ1v) is 13.3. The molecule has 10 N–H and O–H groups in total. The van der Waals surface area contributed by atoms with Crippen LogP contribution in [0.3, 0.4) is 0 Å². The molecule has 14 heteroatoms. The Labute approximate surface area is 237 Å². The number of imidazole rings is 2. The number of H-pyrrole nitrogens is 2. The van der Waals surface area contributed by atoms with Crippen LogP contribution in [0.5, 0.6) is 0 Å². The first-order valence-electron chi connectivity index (χ1n) is 13.3. The third kappa shape index (κ3) is 10.2. The van der Waals surface area contributed by atoms with E-state index in [1.165, 1.54) is 18.9 Å². The molecule has 4 atom stereocenters. The highest BCUT2D eigenvalue weighted by Crippen LogP contribution is 2.08. The van der Waals surface area contributed by atoms with Gasteiger partial charge in [-0.05, 0) is 31.4 Å². The summed E-state index contributed by atoms with van der Waals surface area (Å²) in [6, 6.07) is 4.66. The quantitative estimate of drug-likeness (QED) is 0.0948. The summed E-state index contributed by atoms with van der Waals surface area (Å²) >= 11 is 0. The number of hydrogen-bond acceptors (Lipinski definition) is 8. The van der Waals surface area contributed by atoms with Crippen molar-refractivity contribution in [2.45, 2.75) is 62.7 Å². The Bertz CT molecular complexity index is 1240. The third-order valence-corrected chi connectivity index (χ3v) is 6.42. The molecule has 3 amide bonds. The van der Waals surface area contributed by atoms with Crippen molar-refractivity contribution < 1.29 is 24.3 Å². The Morgan fingerprint density at radius 3 is 1.95 bits per heavy atom. The van der Waals surface area contributed by atoms with Crippen molar-refractivity contribution in [1.29, 1.82) is 0 Å². The van der Waals surface area contributed by atoms with Crippen molar-refractivity contribution in [3.8, 4) is 0 Å². The smallest absolute Gasteiger partial charge is 0.326 e. The number of carboxylic acids is 1. The topological polar surface area (TPSA) is 234 Å². The minimum absolute atomic E-state index is 0.0287. The van der Waals surface area contributed by atoms with Crippen LogP contribution in [0.1, 0.15) is 36.2 Å². The maximum Gasteiger partial charge on any atom is 0.326 e. The standard InChI is InChI=1S/C27H37N9O5/c28-9-5-4-8-21(34-24(37)20(29)11-18-13-30-15-32-18)25(38)35-22(10-17-6-2-1-3-7-17)26(39)36-23(27(40)41)12-19-14-31-16-33-19/h1-3,6-7,13-16,20-23H,4-5,8-12,28-29H2,(H,30,32)(H,31,33)(H,34,37)(H,35,38)(H,36,39)(H,40,41). The summed E-state index contributed by atoms with van der Waals surface area (Å²) in [6.07, 6.45) is 7.61. The summed E-state index contributed by atoms with van der Waals surface area (Å²) in [5, 5.41) is 17.7. The van der Waals surface area contributed by atoms with Gasteiger partial charge in [0.2, 0.25) is 17.7 Å². The van der Waals surface area contributed by atoms with Gasteiger partial charge in [-0.3, -0.25) is 14.4 Å². The molecule has 0 radical (unpaired) electrons. The Balaban J connectivity index is 1.75. The van der Waals surface area contributed by atoms with Gasteiger partial charge < -0.3 is 42.5 Å². The number of carbonyl (C=O) groups is 4. The normalized spacial score (nSPS) is 13.9. The second-order valence-electron chi connectivity index (χ2n) is 9.66. The molecule has 220 valence electrons. The van der Waals surface area contributed by atoms with E-state index in [0.29, 0.717) is 30.8 Å². The predicted octanol–water partition coefficient (Wildman–Crippen LogP) is -0.844. The van der Waals surface area contributed by atoms with Crippen LogP contribution in [0.25, 0.3) is 0 Å². The van der Waals surface area contributed by atoms with Crippen molar-refractivity contribution in [3.63, 3.8) is 0 Å². The second-order valence-corrected chi connectivity index (χ2v) is 9.66. The maximum absolute atomic E-state index is 13.5. The molecule has 3 rings (SSSR count). The summed E-state index contributed by atoms with van der Waals surface area (Å²) in [6.45, 7) is 0.410. The number of carboxylic acid groups (broad SMARTS) is 1. The predicted molar refractivity (Wildman–Crippen MR) is 149 cm³/mol. The monoisotopic (exact) mass is 567 g/mol. The highest BCUT2D eigenvalue weighted by molar-refractivity contribution is 5.94. The SMILES string of the molecule is NCCCCC(NC(=O)C(N)Cc1cnc[nH]1)C(=O)NC(Cc1ccccc1)C(=O)NC(Cc1cnc[nH]1)C(=O)O. The average Bonchev–Trinajstić information content (AvgIpc) is 3.67. The Morgan fingerprint density at radius 1 is 0.780 bits per heavy atom. The number of carbonyl (C=O) groups excluding carboxylic acids is 3. The van der Waals surface area contributed by atoms with Gasteiger partial charge in [-0.25, -0.2) is 14.8 Å². The lowest BCUT2D eigenvalue weighted by molar-refractivity contribution is -0.142. The van der Waals surface area contributed by atoms with Crippen molar-refractivity contribution >= 4 is 23.7 Å². The van der Waals surface area contributed by atoms with Crippen LogP contribution in [0, 0.1) is 0 Å². The van der Waals surface area contributed by atoms with E-state index in [2.05, 4.69) is 35.9 Å². The van der Waals surface area contributed by atoms with Gasteiger partial charge in [0.05, 0.1) is 18.7 Å². The van der Waals surface area contributed by atoms with E-state index in [1.807, 2.05) is 6.07 Å². The molecule has 4 unspecified atom stereocenters. The fraction of sp³-hybridized carbons (Fsp3) is 0.407. The van der Waals surface area contributed by atoms with Crippen LogP contribution >= 0.6 is 0 Å². The van der Waals surface area contributed by atoms with Crippen LogP contribution in [0.2, 0.25) is 0 Å². The van der Waals surface area contributed by atoms with E-state index in [9.17, 15) is 24.3 Å². The van der Waals surface area contributed by atoms with E-state index in [-0.39, 0.29) is 25.7 Å². The highest BCUT2D eigenvalue weighted by atomic mass is 16.4. The number of nitrogens with zero attached hydrogens (tertiary/aromatic N) is 2. The van der Waals surface area contributed by atoms with Crippen LogP contribution in [-0.2, 0) is 38.4 Å².